The second-order valence-electron chi connectivity index (χ2n) is 4.04. The third kappa shape index (κ3) is 3.32. The van der Waals surface area contributed by atoms with Crippen LogP contribution in [0.5, 0.6) is 0 Å². The fourth-order valence-corrected chi connectivity index (χ4v) is 1.77. The average molecular weight is 249 g/mol. The summed E-state index contributed by atoms with van der Waals surface area (Å²) < 4.78 is 4.68. The normalized spacial score (nSPS) is 10.2. The molecular formula is C14H19NO3. The zero-order valence-corrected chi connectivity index (χ0v) is 11.0. The minimum atomic E-state index is -0.449. The molecule has 0 saturated heterocycles. The molecule has 0 unspecified atom stereocenters. The van der Waals surface area contributed by atoms with E-state index in [1.165, 1.54) is 7.11 Å². The van der Waals surface area contributed by atoms with Crippen molar-refractivity contribution in [1.29, 1.82) is 0 Å². The molecule has 0 fully saturated rings. The van der Waals surface area contributed by atoms with E-state index in [1.807, 2.05) is 13.8 Å². The Morgan fingerprint density at radius 3 is 2.39 bits per heavy atom. The first-order chi connectivity index (χ1) is 8.63. The fraction of sp³-hybridized carbons (Fsp3) is 0.429. The van der Waals surface area contributed by atoms with Gasteiger partial charge >= 0.3 is 5.97 Å². The first-order valence-electron chi connectivity index (χ1n) is 6.12. The number of para-hydroxylation sites is 1. The van der Waals surface area contributed by atoms with Crippen LogP contribution in [0.4, 0.5) is 5.69 Å². The molecule has 18 heavy (non-hydrogen) atoms. The van der Waals surface area contributed by atoms with Crippen molar-refractivity contribution < 1.29 is 14.3 Å². The Hall–Kier alpha value is -1.84. The van der Waals surface area contributed by atoms with Crippen LogP contribution in [0, 0.1) is 5.92 Å². The standard InChI is InChI=1S/C14H19NO3/c1-4-10(5-2)13(16)15-12-9-7-6-8-11(12)14(17)18-3/h6-10H,4-5H2,1-3H3,(H,15,16). The molecule has 0 bridgehead atoms. The Balaban J connectivity index is 2.90. The van der Waals surface area contributed by atoms with Gasteiger partial charge in [-0.3, -0.25) is 4.79 Å². The van der Waals surface area contributed by atoms with Crippen molar-refractivity contribution in [1.82, 2.24) is 0 Å². The Bertz CT molecular complexity index is 425. The Kier molecular flexibility index (Phi) is 5.36. The zero-order chi connectivity index (χ0) is 13.5. The molecule has 0 aromatic heterocycles. The molecule has 0 atom stereocenters. The van der Waals surface area contributed by atoms with Gasteiger partial charge in [0.1, 0.15) is 0 Å². The molecule has 0 aliphatic heterocycles. The highest BCUT2D eigenvalue weighted by Gasteiger charge is 2.17. The second kappa shape index (κ2) is 6.79. The van der Waals surface area contributed by atoms with Gasteiger partial charge in [0.2, 0.25) is 5.91 Å². The number of carbonyl (C=O) groups excluding carboxylic acids is 2. The van der Waals surface area contributed by atoms with Crippen LogP contribution in [0.1, 0.15) is 37.0 Å². The number of hydrogen-bond acceptors (Lipinski definition) is 3. The number of rotatable bonds is 5. The molecule has 0 spiro atoms. The van der Waals surface area contributed by atoms with Gasteiger partial charge in [-0.05, 0) is 25.0 Å². The SMILES string of the molecule is CCC(CC)C(=O)Nc1ccccc1C(=O)OC. The van der Waals surface area contributed by atoms with Crippen LogP contribution < -0.4 is 5.32 Å². The molecule has 1 amide bonds. The number of carbonyl (C=O) groups is 2. The Labute approximate surface area is 107 Å². The fourth-order valence-electron chi connectivity index (χ4n) is 1.77. The molecule has 1 aromatic carbocycles. The summed E-state index contributed by atoms with van der Waals surface area (Å²) >= 11 is 0. The molecule has 0 aliphatic carbocycles. The minimum Gasteiger partial charge on any atom is -0.465 e. The van der Waals surface area contributed by atoms with E-state index in [2.05, 4.69) is 10.1 Å². The number of benzene rings is 1. The number of anilines is 1. The van der Waals surface area contributed by atoms with E-state index in [0.29, 0.717) is 11.3 Å². The van der Waals surface area contributed by atoms with E-state index in [0.717, 1.165) is 12.8 Å². The number of ether oxygens (including phenoxy) is 1. The third-order valence-corrected chi connectivity index (χ3v) is 2.95. The summed E-state index contributed by atoms with van der Waals surface area (Å²) in [5.74, 6) is -0.539. The minimum absolute atomic E-state index is 0.0318. The molecule has 0 radical (unpaired) electrons. The summed E-state index contributed by atoms with van der Waals surface area (Å²) in [5.41, 5.74) is 0.876. The van der Waals surface area contributed by atoms with E-state index in [1.54, 1.807) is 24.3 Å². The summed E-state index contributed by atoms with van der Waals surface area (Å²) in [5, 5.41) is 2.79. The largest absolute Gasteiger partial charge is 0.465 e. The number of methoxy groups -OCH3 is 1. The zero-order valence-electron chi connectivity index (χ0n) is 11.0. The number of esters is 1. The third-order valence-electron chi connectivity index (χ3n) is 2.95. The molecule has 98 valence electrons. The summed E-state index contributed by atoms with van der Waals surface area (Å²) in [6.07, 6.45) is 1.56. The van der Waals surface area contributed by atoms with E-state index in [-0.39, 0.29) is 11.8 Å². The van der Waals surface area contributed by atoms with E-state index in [9.17, 15) is 9.59 Å². The molecule has 1 rings (SSSR count). The summed E-state index contributed by atoms with van der Waals surface area (Å²) in [6.45, 7) is 3.94. The monoisotopic (exact) mass is 249 g/mol. The topological polar surface area (TPSA) is 55.4 Å². The molecule has 1 N–H and O–H groups in total. The maximum absolute atomic E-state index is 12.0. The lowest BCUT2D eigenvalue weighted by Gasteiger charge is -2.14. The highest BCUT2D eigenvalue weighted by atomic mass is 16.5. The van der Waals surface area contributed by atoms with E-state index in [4.69, 9.17) is 0 Å². The molecule has 1 aromatic rings. The van der Waals surface area contributed by atoms with Gasteiger partial charge < -0.3 is 10.1 Å². The Morgan fingerprint density at radius 2 is 1.83 bits per heavy atom. The molecule has 4 nitrogen and oxygen atoms in total. The summed E-state index contributed by atoms with van der Waals surface area (Å²) in [6, 6.07) is 6.84. The van der Waals surface area contributed by atoms with Crippen molar-refractivity contribution in [3.63, 3.8) is 0 Å². The molecular weight excluding hydrogens is 230 g/mol. The van der Waals surface area contributed by atoms with Gasteiger partial charge in [-0.15, -0.1) is 0 Å². The molecule has 4 heteroatoms. The first kappa shape index (κ1) is 14.2. The van der Waals surface area contributed by atoms with Gasteiger partial charge in [-0.1, -0.05) is 26.0 Å². The van der Waals surface area contributed by atoms with Crippen LogP contribution in [0.2, 0.25) is 0 Å². The Morgan fingerprint density at radius 1 is 1.22 bits per heavy atom. The van der Waals surface area contributed by atoms with Gasteiger partial charge in [-0.25, -0.2) is 4.79 Å². The summed E-state index contributed by atoms with van der Waals surface area (Å²) in [4.78, 5) is 23.5. The maximum Gasteiger partial charge on any atom is 0.339 e. The first-order valence-corrected chi connectivity index (χ1v) is 6.12. The average Bonchev–Trinajstić information content (AvgIpc) is 2.40. The lowest BCUT2D eigenvalue weighted by Crippen LogP contribution is -2.23. The van der Waals surface area contributed by atoms with E-state index < -0.39 is 5.97 Å². The van der Waals surface area contributed by atoms with Crippen LogP contribution in [0.3, 0.4) is 0 Å². The van der Waals surface area contributed by atoms with Crippen LogP contribution in [-0.2, 0) is 9.53 Å². The predicted molar refractivity (Wildman–Crippen MR) is 70.5 cm³/mol. The number of amides is 1. The van der Waals surface area contributed by atoms with Crippen molar-refractivity contribution in [2.45, 2.75) is 26.7 Å². The number of hydrogen-bond donors (Lipinski definition) is 1. The molecule has 0 aliphatic rings. The lowest BCUT2D eigenvalue weighted by molar-refractivity contribution is -0.120. The molecule has 0 heterocycles. The quantitative estimate of drug-likeness (QED) is 0.816. The second-order valence-corrected chi connectivity index (χ2v) is 4.04. The van der Waals surface area contributed by atoms with Crippen molar-refractivity contribution in [3.05, 3.63) is 29.8 Å². The predicted octanol–water partition coefficient (Wildman–Crippen LogP) is 2.85. The highest BCUT2D eigenvalue weighted by molar-refractivity contribution is 6.01. The van der Waals surface area contributed by atoms with Crippen LogP contribution in [0.15, 0.2) is 24.3 Å². The van der Waals surface area contributed by atoms with Crippen LogP contribution in [-0.4, -0.2) is 19.0 Å². The summed E-state index contributed by atoms with van der Waals surface area (Å²) in [7, 11) is 1.32. The van der Waals surface area contributed by atoms with Gasteiger partial charge in [0.15, 0.2) is 0 Å². The van der Waals surface area contributed by atoms with Crippen LogP contribution in [0.25, 0.3) is 0 Å². The van der Waals surface area contributed by atoms with Crippen molar-refractivity contribution in [2.24, 2.45) is 5.92 Å². The number of nitrogens with one attached hydrogen (secondary N) is 1. The smallest absolute Gasteiger partial charge is 0.339 e. The maximum atomic E-state index is 12.0. The van der Waals surface area contributed by atoms with Gasteiger partial charge in [0, 0.05) is 5.92 Å². The van der Waals surface area contributed by atoms with Gasteiger partial charge in [0.05, 0.1) is 18.4 Å². The van der Waals surface area contributed by atoms with Gasteiger partial charge in [0.25, 0.3) is 0 Å². The van der Waals surface area contributed by atoms with Crippen LogP contribution >= 0.6 is 0 Å². The lowest BCUT2D eigenvalue weighted by atomic mass is 10.0. The highest BCUT2D eigenvalue weighted by Crippen LogP contribution is 2.18. The van der Waals surface area contributed by atoms with Crippen molar-refractivity contribution >= 4 is 17.6 Å². The van der Waals surface area contributed by atoms with Gasteiger partial charge in [-0.2, -0.15) is 0 Å². The van der Waals surface area contributed by atoms with Crippen molar-refractivity contribution in [2.75, 3.05) is 12.4 Å². The van der Waals surface area contributed by atoms with Crippen molar-refractivity contribution in [3.8, 4) is 0 Å². The van der Waals surface area contributed by atoms with E-state index >= 15 is 0 Å². The molecule has 0 saturated carbocycles.